The number of aromatic nitrogens is 2. The molecule has 0 radical (unpaired) electrons. The molecule has 2 atom stereocenters. The van der Waals surface area contributed by atoms with Crippen LogP contribution in [0, 0.1) is 17.2 Å². The van der Waals surface area contributed by atoms with Gasteiger partial charge in [0, 0.05) is 31.6 Å². The predicted octanol–water partition coefficient (Wildman–Crippen LogP) is 3.60. The zero-order valence-electron chi connectivity index (χ0n) is 20.7. The van der Waals surface area contributed by atoms with Crippen molar-refractivity contribution in [3.63, 3.8) is 0 Å². The monoisotopic (exact) mass is 485 g/mol. The summed E-state index contributed by atoms with van der Waals surface area (Å²) in [5.74, 6) is 1.29. The number of hydrogen-bond donors (Lipinski definition) is 0. The molecular formula is C27H27N5O4. The van der Waals surface area contributed by atoms with Gasteiger partial charge in [-0.05, 0) is 55.5 Å². The van der Waals surface area contributed by atoms with Crippen molar-refractivity contribution in [1.82, 2.24) is 19.9 Å². The van der Waals surface area contributed by atoms with E-state index in [2.05, 4.69) is 16.2 Å². The van der Waals surface area contributed by atoms with Gasteiger partial charge in [0.1, 0.15) is 18.4 Å². The number of nitriles is 1. The lowest BCUT2D eigenvalue weighted by Gasteiger charge is -2.26. The molecule has 0 saturated carbocycles. The Morgan fingerprint density at radius 1 is 1.28 bits per heavy atom. The average molecular weight is 486 g/mol. The Bertz CT molecular complexity index is 1390. The Kier molecular flexibility index (Phi) is 5.96. The highest BCUT2D eigenvalue weighted by atomic mass is 16.5. The molecule has 0 N–H and O–H groups in total. The number of nitrogens with zero attached hydrogens (tertiary/aromatic N) is 5. The minimum Gasteiger partial charge on any atom is -0.490 e. The molecule has 3 aromatic rings. The first-order valence-corrected chi connectivity index (χ1v) is 11.9. The third-order valence-electron chi connectivity index (χ3n) is 6.72. The fourth-order valence-corrected chi connectivity index (χ4v) is 5.08. The van der Waals surface area contributed by atoms with Crippen LogP contribution < -0.4 is 4.74 Å². The fourth-order valence-electron chi connectivity index (χ4n) is 5.08. The summed E-state index contributed by atoms with van der Waals surface area (Å²) in [5, 5.41) is 13.8. The molecule has 5 rings (SSSR count). The summed E-state index contributed by atoms with van der Waals surface area (Å²) in [6.45, 7) is 3.88. The zero-order valence-corrected chi connectivity index (χ0v) is 20.7. The molecule has 1 saturated heterocycles. The maximum Gasteiger partial charge on any atom is 0.258 e. The Balaban J connectivity index is 1.45. The van der Waals surface area contributed by atoms with E-state index in [-0.39, 0.29) is 36.4 Å². The first-order valence-electron chi connectivity index (χ1n) is 11.9. The maximum absolute atomic E-state index is 12.7. The molecule has 1 aliphatic heterocycles. The van der Waals surface area contributed by atoms with Gasteiger partial charge in [-0.1, -0.05) is 23.4 Å². The number of carbonyl (C=O) groups is 2. The lowest BCUT2D eigenvalue weighted by molar-refractivity contribution is -0.138. The molecule has 9 nitrogen and oxygen atoms in total. The summed E-state index contributed by atoms with van der Waals surface area (Å²) < 4.78 is 11.3. The van der Waals surface area contributed by atoms with Gasteiger partial charge in [-0.2, -0.15) is 10.2 Å². The first kappa shape index (κ1) is 23.5. The van der Waals surface area contributed by atoms with Crippen molar-refractivity contribution in [2.24, 2.45) is 5.92 Å². The first-order chi connectivity index (χ1) is 17.3. The van der Waals surface area contributed by atoms with Crippen LogP contribution >= 0.6 is 0 Å². The van der Waals surface area contributed by atoms with E-state index < -0.39 is 0 Å². The number of likely N-dealkylation sites (N-methyl/N-ethyl adjacent to an activating group) is 1. The molecule has 2 amide bonds. The standard InChI is InChI=1S/C27H27N5O4/c1-15(2)35-22-9-8-16(10-18(22)13-28)27-29-26(30-36-27)20-7-5-6-19-21(20)11-17-12-23(33)32(25(17)19)14-24(34)31(3)4/h5-10,15,17,25H,11-12,14H2,1-4H3. The van der Waals surface area contributed by atoms with E-state index in [1.165, 1.54) is 4.90 Å². The van der Waals surface area contributed by atoms with Gasteiger partial charge in [0.25, 0.3) is 5.89 Å². The minimum absolute atomic E-state index is 0.0105. The van der Waals surface area contributed by atoms with Crippen LogP contribution in [-0.4, -0.2) is 58.5 Å². The van der Waals surface area contributed by atoms with Gasteiger partial charge in [-0.3, -0.25) is 9.59 Å². The maximum atomic E-state index is 12.7. The van der Waals surface area contributed by atoms with Crippen molar-refractivity contribution >= 4 is 11.8 Å². The molecule has 1 aromatic heterocycles. The van der Waals surface area contributed by atoms with Gasteiger partial charge in [0.2, 0.25) is 17.6 Å². The van der Waals surface area contributed by atoms with Crippen LogP contribution in [-0.2, 0) is 16.0 Å². The third-order valence-corrected chi connectivity index (χ3v) is 6.72. The average Bonchev–Trinajstić information content (AvgIpc) is 3.54. The molecule has 36 heavy (non-hydrogen) atoms. The molecule has 0 spiro atoms. The van der Waals surface area contributed by atoms with E-state index in [0.29, 0.717) is 41.4 Å². The molecule has 1 aliphatic carbocycles. The summed E-state index contributed by atoms with van der Waals surface area (Å²) in [6, 6.07) is 13.1. The van der Waals surface area contributed by atoms with Gasteiger partial charge < -0.3 is 19.1 Å². The van der Waals surface area contributed by atoms with E-state index in [4.69, 9.17) is 9.26 Å². The van der Waals surface area contributed by atoms with Gasteiger partial charge in [0.05, 0.1) is 17.7 Å². The summed E-state index contributed by atoms with van der Waals surface area (Å²) in [6.07, 6.45) is 1.07. The van der Waals surface area contributed by atoms with Gasteiger partial charge in [-0.15, -0.1) is 0 Å². The number of amides is 2. The van der Waals surface area contributed by atoms with E-state index in [1.807, 2.05) is 32.0 Å². The van der Waals surface area contributed by atoms with Crippen molar-refractivity contribution < 1.29 is 18.8 Å². The van der Waals surface area contributed by atoms with Crippen LogP contribution in [0.15, 0.2) is 40.9 Å². The van der Waals surface area contributed by atoms with Gasteiger partial charge in [0.15, 0.2) is 0 Å². The molecule has 2 aromatic carbocycles. The van der Waals surface area contributed by atoms with Crippen LogP contribution in [0.5, 0.6) is 5.75 Å². The predicted molar refractivity (Wildman–Crippen MR) is 131 cm³/mol. The van der Waals surface area contributed by atoms with Crippen LogP contribution in [0.25, 0.3) is 22.8 Å². The highest BCUT2D eigenvalue weighted by molar-refractivity contribution is 5.87. The second kappa shape index (κ2) is 9.11. The summed E-state index contributed by atoms with van der Waals surface area (Å²) in [4.78, 5) is 32.9. The third kappa shape index (κ3) is 4.09. The van der Waals surface area contributed by atoms with Gasteiger partial charge >= 0.3 is 0 Å². The van der Waals surface area contributed by atoms with Crippen molar-refractivity contribution in [2.45, 2.75) is 38.8 Å². The van der Waals surface area contributed by atoms with Crippen LogP contribution in [0.4, 0.5) is 0 Å². The fraction of sp³-hybridized carbons (Fsp3) is 0.370. The molecular weight excluding hydrogens is 458 g/mol. The quantitative estimate of drug-likeness (QED) is 0.524. The number of fused-ring (bicyclic) bond motifs is 3. The smallest absolute Gasteiger partial charge is 0.258 e. The second-order valence-corrected chi connectivity index (χ2v) is 9.71. The molecule has 0 bridgehead atoms. The lowest BCUT2D eigenvalue weighted by atomic mass is 10.0. The van der Waals surface area contributed by atoms with Crippen LogP contribution in [0.1, 0.15) is 43.0 Å². The summed E-state index contributed by atoms with van der Waals surface area (Å²) >= 11 is 0. The number of rotatable bonds is 6. The van der Waals surface area contributed by atoms with Crippen LogP contribution in [0.3, 0.4) is 0 Å². The zero-order chi connectivity index (χ0) is 25.6. The molecule has 2 aliphatic rings. The Morgan fingerprint density at radius 2 is 2.08 bits per heavy atom. The molecule has 2 unspecified atom stereocenters. The topological polar surface area (TPSA) is 113 Å². The van der Waals surface area contributed by atoms with Crippen molar-refractivity contribution in [2.75, 3.05) is 20.6 Å². The Morgan fingerprint density at radius 3 is 2.81 bits per heavy atom. The lowest BCUT2D eigenvalue weighted by Crippen LogP contribution is -2.38. The normalized spacial score (nSPS) is 18.2. The largest absolute Gasteiger partial charge is 0.490 e. The van der Waals surface area contributed by atoms with E-state index in [0.717, 1.165) is 16.7 Å². The summed E-state index contributed by atoms with van der Waals surface area (Å²) in [5.41, 5.74) is 3.98. The Hall–Kier alpha value is -4.19. The number of hydrogen-bond acceptors (Lipinski definition) is 7. The van der Waals surface area contributed by atoms with Crippen molar-refractivity contribution in [3.8, 4) is 34.7 Å². The second-order valence-electron chi connectivity index (χ2n) is 9.71. The highest BCUT2D eigenvalue weighted by Gasteiger charge is 2.47. The number of benzene rings is 2. The molecule has 184 valence electrons. The number of likely N-dealkylation sites (tertiary alicyclic amines) is 1. The van der Waals surface area contributed by atoms with E-state index in [1.54, 1.807) is 37.2 Å². The van der Waals surface area contributed by atoms with Gasteiger partial charge in [-0.25, -0.2) is 0 Å². The molecule has 9 heteroatoms. The number of carbonyl (C=O) groups excluding carboxylic acids is 2. The Labute approximate surface area is 209 Å². The van der Waals surface area contributed by atoms with Crippen molar-refractivity contribution in [1.29, 1.82) is 5.26 Å². The molecule has 1 fully saturated rings. The van der Waals surface area contributed by atoms with Crippen molar-refractivity contribution in [3.05, 3.63) is 53.1 Å². The van der Waals surface area contributed by atoms with Crippen LogP contribution in [0.2, 0.25) is 0 Å². The minimum atomic E-state index is -0.130. The summed E-state index contributed by atoms with van der Waals surface area (Å²) in [7, 11) is 3.39. The van der Waals surface area contributed by atoms with E-state index in [9.17, 15) is 14.9 Å². The molecule has 2 heterocycles. The number of ether oxygens (including phenoxy) is 1. The SMILES string of the molecule is CC(C)Oc1ccc(-c2nc(-c3cccc4c3CC3CC(=O)N(CC(=O)N(C)C)C43)no2)cc1C#N. The highest BCUT2D eigenvalue weighted by Crippen LogP contribution is 2.49. The van der Waals surface area contributed by atoms with E-state index >= 15 is 0 Å².